The third-order valence-corrected chi connectivity index (χ3v) is 2.08. The minimum absolute atomic E-state index is 0. The van der Waals surface area contributed by atoms with Gasteiger partial charge in [0.1, 0.15) is 0 Å². The molecular formula is C6H16ClNS. The molecule has 0 saturated heterocycles. The van der Waals surface area contributed by atoms with Crippen LogP contribution < -0.4 is 5.73 Å². The molecule has 1 nitrogen and oxygen atoms in total. The van der Waals surface area contributed by atoms with E-state index in [1.165, 1.54) is 0 Å². The Bertz CT molecular complexity index is 49.0. The zero-order valence-electron chi connectivity index (χ0n) is 6.26. The fraction of sp³-hybridized carbons (Fsp3) is 1.00. The van der Waals surface area contributed by atoms with Crippen LogP contribution in [-0.4, -0.2) is 17.0 Å². The Labute approximate surface area is 68.2 Å². The molecule has 0 bridgehead atoms. The average Bonchev–Trinajstić information content (AvgIpc) is 1.61. The summed E-state index contributed by atoms with van der Waals surface area (Å²) in [4.78, 5) is 0. The summed E-state index contributed by atoms with van der Waals surface area (Å²) in [5.74, 6) is 1.08. The topological polar surface area (TPSA) is 26.0 Å². The van der Waals surface area contributed by atoms with E-state index in [0.29, 0.717) is 6.04 Å². The van der Waals surface area contributed by atoms with Gasteiger partial charge < -0.3 is 5.73 Å². The summed E-state index contributed by atoms with van der Waals surface area (Å²) in [6, 6.07) is 0.349. The van der Waals surface area contributed by atoms with E-state index < -0.39 is 0 Å². The van der Waals surface area contributed by atoms with Crippen molar-refractivity contribution in [3.63, 3.8) is 0 Å². The molecule has 3 heteroatoms. The number of nitrogens with two attached hydrogens (primary N) is 1. The molecule has 0 spiro atoms. The van der Waals surface area contributed by atoms with Crippen LogP contribution in [-0.2, 0) is 0 Å². The lowest BCUT2D eigenvalue weighted by molar-refractivity contribution is 0.844. The van der Waals surface area contributed by atoms with Crippen LogP contribution in [0.5, 0.6) is 0 Å². The van der Waals surface area contributed by atoms with E-state index >= 15 is 0 Å². The second-order valence-electron chi connectivity index (χ2n) is 2.36. The second kappa shape index (κ2) is 6.72. The van der Waals surface area contributed by atoms with E-state index in [-0.39, 0.29) is 12.4 Å². The molecule has 0 fully saturated rings. The Balaban J connectivity index is 0. The van der Waals surface area contributed by atoms with Gasteiger partial charge in [0.2, 0.25) is 0 Å². The number of hydrogen-bond donors (Lipinski definition) is 1. The van der Waals surface area contributed by atoms with Crippen molar-refractivity contribution < 1.29 is 0 Å². The minimum Gasteiger partial charge on any atom is -0.327 e. The molecule has 0 radical (unpaired) electrons. The molecular weight excluding hydrogens is 154 g/mol. The van der Waals surface area contributed by atoms with E-state index in [9.17, 15) is 0 Å². The van der Waals surface area contributed by atoms with Gasteiger partial charge in [-0.2, -0.15) is 11.8 Å². The Morgan fingerprint density at radius 1 is 1.33 bits per heavy atom. The third kappa shape index (κ3) is 11.9. The van der Waals surface area contributed by atoms with Crippen LogP contribution in [0.4, 0.5) is 0 Å². The molecule has 0 aromatic rings. The van der Waals surface area contributed by atoms with Gasteiger partial charge in [0.25, 0.3) is 0 Å². The lowest BCUT2D eigenvalue weighted by atomic mass is 10.4. The fourth-order valence-electron chi connectivity index (χ4n) is 0.344. The lowest BCUT2D eigenvalue weighted by Crippen LogP contribution is -2.18. The van der Waals surface area contributed by atoms with Crippen molar-refractivity contribution >= 4 is 24.2 Å². The van der Waals surface area contributed by atoms with Crippen LogP contribution in [0.1, 0.15) is 20.8 Å². The standard InChI is InChI=1S/C6H15NS.ClH/c1-5(2)8-4-6(3)7;/h5-6H,4,7H2,1-3H3;1H. The smallest absolute Gasteiger partial charge is 0.0102 e. The summed E-state index contributed by atoms with van der Waals surface area (Å²) in [5.41, 5.74) is 5.52. The molecule has 0 heterocycles. The predicted molar refractivity (Wildman–Crippen MR) is 48.5 cm³/mol. The lowest BCUT2D eigenvalue weighted by Gasteiger charge is -2.05. The van der Waals surface area contributed by atoms with Gasteiger partial charge >= 0.3 is 0 Å². The summed E-state index contributed by atoms with van der Waals surface area (Å²) in [6.45, 7) is 6.41. The largest absolute Gasteiger partial charge is 0.327 e. The van der Waals surface area contributed by atoms with Crippen LogP contribution in [0.15, 0.2) is 0 Å². The molecule has 0 saturated carbocycles. The molecule has 1 atom stereocenters. The molecule has 0 aliphatic rings. The highest BCUT2D eigenvalue weighted by atomic mass is 35.5. The fourth-order valence-corrected chi connectivity index (χ4v) is 1.03. The third-order valence-electron chi connectivity index (χ3n) is 0.692. The Kier molecular flexibility index (Phi) is 9.17. The molecule has 58 valence electrons. The van der Waals surface area contributed by atoms with Crippen LogP contribution in [0.2, 0.25) is 0 Å². The SMILES string of the molecule is CC(N)CSC(C)C.Cl. The van der Waals surface area contributed by atoms with Crippen LogP contribution in [0, 0.1) is 0 Å². The first-order chi connectivity index (χ1) is 3.63. The number of rotatable bonds is 3. The van der Waals surface area contributed by atoms with E-state index in [0.717, 1.165) is 11.0 Å². The Hall–Kier alpha value is 0.600. The summed E-state index contributed by atoms with van der Waals surface area (Å²) in [5, 5.41) is 0.723. The Morgan fingerprint density at radius 2 is 1.78 bits per heavy atom. The molecule has 0 amide bonds. The van der Waals surface area contributed by atoms with Gasteiger partial charge in [-0.1, -0.05) is 13.8 Å². The van der Waals surface area contributed by atoms with E-state index in [1.807, 2.05) is 18.7 Å². The van der Waals surface area contributed by atoms with Crippen molar-refractivity contribution in [3.8, 4) is 0 Å². The normalized spacial score (nSPS) is 13.0. The summed E-state index contributed by atoms with van der Waals surface area (Å²) in [6.07, 6.45) is 0. The van der Waals surface area contributed by atoms with E-state index in [2.05, 4.69) is 13.8 Å². The maximum atomic E-state index is 5.52. The quantitative estimate of drug-likeness (QED) is 0.699. The molecule has 1 unspecified atom stereocenters. The van der Waals surface area contributed by atoms with Gasteiger partial charge in [-0.05, 0) is 12.2 Å². The average molecular weight is 170 g/mol. The van der Waals surface area contributed by atoms with Crippen molar-refractivity contribution in [1.82, 2.24) is 0 Å². The van der Waals surface area contributed by atoms with Gasteiger partial charge in [-0.15, -0.1) is 12.4 Å². The highest BCUT2D eigenvalue weighted by Gasteiger charge is 1.95. The van der Waals surface area contributed by atoms with Gasteiger partial charge in [0.05, 0.1) is 0 Å². The first-order valence-corrected chi connectivity index (χ1v) is 4.05. The van der Waals surface area contributed by atoms with Gasteiger partial charge in [-0.25, -0.2) is 0 Å². The maximum absolute atomic E-state index is 5.52. The molecule has 9 heavy (non-hydrogen) atoms. The van der Waals surface area contributed by atoms with Gasteiger partial charge in [0, 0.05) is 11.8 Å². The molecule has 0 rings (SSSR count). The molecule has 0 aromatic heterocycles. The first kappa shape index (κ1) is 12.3. The highest BCUT2D eigenvalue weighted by Crippen LogP contribution is 2.08. The number of halogens is 1. The van der Waals surface area contributed by atoms with E-state index in [1.54, 1.807) is 0 Å². The predicted octanol–water partition coefficient (Wildman–Crippen LogP) is 1.90. The second-order valence-corrected chi connectivity index (χ2v) is 3.97. The molecule has 0 aliphatic carbocycles. The number of hydrogen-bond acceptors (Lipinski definition) is 2. The van der Waals surface area contributed by atoms with Crippen molar-refractivity contribution in [2.75, 3.05) is 5.75 Å². The highest BCUT2D eigenvalue weighted by molar-refractivity contribution is 7.99. The summed E-state index contributed by atoms with van der Waals surface area (Å²) < 4.78 is 0. The minimum atomic E-state index is 0. The monoisotopic (exact) mass is 169 g/mol. The summed E-state index contributed by atoms with van der Waals surface area (Å²) in [7, 11) is 0. The van der Waals surface area contributed by atoms with Crippen molar-refractivity contribution in [2.45, 2.75) is 32.1 Å². The maximum Gasteiger partial charge on any atom is 0.0102 e. The molecule has 0 aliphatic heterocycles. The zero-order valence-corrected chi connectivity index (χ0v) is 7.89. The molecule has 2 N–H and O–H groups in total. The first-order valence-electron chi connectivity index (χ1n) is 3.00. The number of thioether (sulfide) groups is 1. The molecule has 0 aromatic carbocycles. The van der Waals surface area contributed by atoms with Crippen LogP contribution in [0.3, 0.4) is 0 Å². The van der Waals surface area contributed by atoms with Crippen LogP contribution in [0.25, 0.3) is 0 Å². The van der Waals surface area contributed by atoms with Gasteiger partial charge in [0.15, 0.2) is 0 Å². The summed E-state index contributed by atoms with van der Waals surface area (Å²) >= 11 is 1.91. The van der Waals surface area contributed by atoms with Crippen LogP contribution >= 0.6 is 24.2 Å². The van der Waals surface area contributed by atoms with Crippen molar-refractivity contribution in [2.24, 2.45) is 5.73 Å². The van der Waals surface area contributed by atoms with Gasteiger partial charge in [-0.3, -0.25) is 0 Å². The Morgan fingerprint density at radius 3 is 1.89 bits per heavy atom. The van der Waals surface area contributed by atoms with Crippen molar-refractivity contribution in [1.29, 1.82) is 0 Å². The van der Waals surface area contributed by atoms with Crippen molar-refractivity contribution in [3.05, 3.63) is 0 Å². The zero-order chi connectivity index (χ0) is 6.57. The van der Waals surface area contributed by atoms with E-state index in [4.69, 9.17) is 5.73 Å².